The van der Waals surface area contributed by atoms with E-state index in [4.69, 9.17) is 23.2 Å². The lowest BCUT2D eigenvalue weighted by Crippen LogP contribution is -2.25. The van der Waals surface area contributed by atoms with Crippen LogP contribution in [0.2, 0.25) is 10.0 Å². The number of para-hydroxylation sites is 2. The van der Waals surface area contributed by atoms with Crippen molar-refractivity contribution in [3.05, 3.63) is 98.0 Å². The van der Waals surface area contributed by atoms with Crippen molar-refractivity contribution in [1.29, 1.82) is 0 Å². The zero-order valence-corrected chi connectivity index (χ0v) is 18.8. The van der Waals surface area contributed by atoms with Gasteiger partial charge in [0.1, 0.15) is 11.3 Å². The maximum atomic E-state index is 13.0. The fourth-order valence-electron chi connectivity index (χ4n) is 2.91. The van der Waals surface area contributed by atoms with E-state index >= 15 is 0 Å². The quantitative estimate of drug-likeness (QED) is 0.133. The molecular weight excluding hydrogens is 467 g/mol. The molecule has 0 aromatic heterocycles. The van der Waals surface area contributed by atoms with Crippen LogP contribution in [0.3, 0.4) is 0 Å². The number of halogens is 2. The Labute approximate surface area is 199 Å². The highest BCUT2D eigenvalue weighted by Gasteiger charge is 2.21. The maximum Gasteiger partial charge on any atom is 0.292 e. The molecular formula is C23H18Cl2N4O4. The summed E-state index contributed by atoms with van der Waals surface area (Å²) in [7, 11) is 1.55. The number of carbonyl (C=O) groups is 2. The predicted molar refractivity (Wildman–Crippen MR) is 131 cm³/mol. The maximum absolute atomic E-state index is 13.0. The Balaban J connectivity index is 2.02. The van der Waals surface area contributed by atoms with Crippen LogP contribution in [-0.4, -0.2) is 23.8 Å². The van der Waals surface area contributed by atoms with Gasteiger partial charge in [0.15, 0.2) is 0 Å². The fourth-order valence-corrected chi connectivity index (χ4v) is 3.27. The number of nitrogens with one attached hydrogen (secondary N) is 3. The Hall–Kier alpha value is -3.88. The van der Waals surface area contributed by atoms with E-state index in [1.165, 1.54) is 18.2 Å². The highest BCUT2D eigenvalue weighted by atomic mass is 35.5. The van der Waals surface area contributed by atoms with Crippen LogP contribution in [-0.2, 0) is 9.59 Å². The first kappa shape index (κ1) is 23.8. The average molecular weight is 485 g/mol. The molecule has 33 heavy (non-hydrogen) atoms. The molecule has 0 fully saturated rings. The van der Waals surface area contributed by atoms with Gasteiger partial charge in [-0.2, -0.15) is 0 Å². The second-order valence-electron chi connectivity index (χ2n) is 6.71. The first-order chi connectivity index (χ1) is 15.8. The molecule has 2 amide bonds. The molecule has 168 valence electrons. The van der Waals surface area contributed by atoms with E-state index in [0.717, 1.165) is 0 Å². The van der Waals surface area contributed by atoms with Gasteiger partial charge in [0.25, 0.3) is 17.5 Å². The van der Waals surface area contributed by atoms with E-state index in [2.05, 4.69) is 16.0 Å². The number of amides is 2. The summed E-state index contributed by atoms with van der Waals surface area (Å²) in [6.07, 6.45) is 1.25. The minimum absolute atomic E-state index is 0.205. The Morgan fingerprint density at radius 3 is 1.82 bits per heavy atom. The standard InChI is InChI=1S/C23H18Cl2N4O4/c1-26-20-11-10-14(13-21(20)29(32)33)12-15(22(30)27-18-8-4-2-6-16(18)24)23(31)28-19-9-5-3-7-17(19)25/h2-13,26H,1H3,(H,27,30)(H,28,31). The molecule has 3 aromatic carbocycles. The van der Waals surface area contributed by atoms with Gasteiger partial charge in [0, 0.05) is 13.1 Å². The van der Waals surface area contributed by atoms with Crippen LogP contribution >= 0.6 is 23.2 Å². The molecule has 0 saturated carbocycles. The van der Waals surface area contributed by atoms with Crippen molar-refractivity contribution in [3.8, 4) is 0 Å². The number of benzene rings is 3. The van der Waals surface area contributed by atoms with Gasteiger partial charge in [-0.15, -0.1) is 0 Å². The van der Waals surface area contributed by atoms with Crippen molar-refractivity contribution < 1.29 is 14.5 Å². The van der Waals surface area contributed by atoms with E-state index in [-0.39, 0.29) is 26.9 Å². The van der Waals surface area contributed by atoms with Gasteiger partial charge in [-0.05, 0) is 42.0 Å². The van der Waals surface area contributed by atoms with Crippen molar-refractivity contribution >= 4 is 63.8 Å². The molecule has 0 heterocycles. The summed E-state index contributed by atoms with van der Waals surface area (Å²) in [6, 6.07) is 17.4. The van der Waals surface area contributed by atoms with E-state index < -0.39 is 16.7 Å². The Morgan fingerprint density at radius 1 is 0.848 bits per heavy atom. The summed E-state index contributed by atoms with van der Waals surface area (Å²) in [4.78, 5) is 36.9. The van der Waals surface area contributed by atoms with Gasteiger partial charge in [-0.1, -0.05) is 53.5 Å². The number of hydrogen-bond acceptors (Lipinski definition) is 5. The SMILES string of the molecule is CNc1ccc(C=C(C(=O)Nc2ccccc2Cl)C(=O)Nc2ccccc2Cl)cc1[N+](=O)[O-]. The fraction of sp³-hybridized carbons (Fsp3) is 0.0435. The third kappa shape index (κ3) is 5.88. The molecule has 0 saturated heterocycles. The van der Waals surface area contributed by atoms with Gasteiger partial charge in [0.2, 0.25) is 0 Å². The van der Waals surface area contributed by atoms with Crippen LogP contribution < -0.4 is 16.0 Å². The van der Waals surface area contributed by atoms with Gasteiger partial charge >= 0.3 is 0 Å². The van der Waals surface area contributed by atoms with E-state index in [9.17, 15) is 19.7 Å². The van der Waals surface area contributed by atoms with E-state index in [1.807, 2.05) is 0 Å². The lowest BCUT2D eigenvalue weighted by molar-refractivity contribution is -0.384. The Morgan fingerprint density at radius 2 is 1.36 bits per heavy atom. The highest BCUT2D eigenvalue weighted by molar-refractivity contribution is 6.36. The van der Waals surface area contributed by atoms with E-state index in [1.54, 1.807) is 61.6 Å². The van der Waals surface area contributed by atoms with E-state index in [0.29, 0.717) is 17.1 Å². The number of rotatable bonds is 7. The van der Waals surface area contributed by atoms with Gasteiger partial charge < -0.3 is 16.0 Å². The molecule has 3 N–H and O–H groups in total. The van der Waals surface area contributed by atoms with Crippen LogP contribution in [0, 0.1) is 10.1 Å². The highest BCUT2D eigenvalue weighted by Crippen LogP contribution is 2.27. The molecule has 8 nitrogen and oxygen atoms in total. The zero-order chi connectivity index (χ0) is 24.0. The summed E-state index contributed by atoms with van der Waals surface area (Å²) in [5, 5.41) is 19.9. The molecule has 3 aromatic rings. The molecule has 0 bridgehead atoms. The third-order valence-electron chi connectivity index (χ3n) is 4.53. The second-order valence-corrected chi connectivity index (χ2v) is 7.52. The number of nitrogens with zero attached hydrogens (tertiary/aromatic N) is 1. The topological polar surface area (TPSA) is 113 Å². The van der Waals surface area contributed by atoms with Crippen LogP contribution in [0.4, 0.5) is 22.7 Å². The number of carbonyl (C=O) groups excluding carboxylic acids is 2. The van der Waals surface area contributed by atoms with Crippen LogP contribution in [0.5, 0.6) is 0 Å². The van der Waals surface area contributed by atoms with Gasteiger partial charge in [-0.25, -0.2) is 0 Å². The van der Waals surface area contributed by atoms with Gasteiger partial charge in [0.05, 0.1) is 26.3 Å². The van der Waals surface area contributed by atoms with Gasteiger partial charge in [-0.3, -0.25) is 19.7 Å². The van der Waals surface area contributed by atoms with Crippen molar-refractivity contribution in [2.24, 2.45) is 0 Å². The summed E-state index contributed by atoms with van der Waals surface area (Å²) in [5.74, 6) is -1.51. The smallest absolute Gasteiger partial charge is 0.292 e. The first-order valence-electron chi connectivity index (χ1n) is 9.60. The second kappa shape index (κ2) is 10.6. The molecule has 0 radical (unpaired) electrons. The summed E-state index contributed by atoms with van der Waals surface area (Å²) < 4.78 is 0. The van der Waals surface area contributed by atoms with Crippen molar-refractivity contribution in [2.75, 3.05) is 23.0 Å². The number of hydrogen-bond donors (Lipinski definition) is 3. The summed E-state index contributed by atoms with van der Waals surface area (Å²) >= 11 is 12.2. The molecule has 0 aliphatic heterocycles. The van der Waals surface area contributed by atoms with Crippen molar-refractivity contribution in [2.45, 2.75) is 0 Å². The predicted octanol–water partition coefficient (Wildman–Crippen LogP) is 5.60. The zero-order valence-electron chi connectivity index (χ0n) is 17.3. The average Bonchev–Trinajstić information content (AvgIpc) is 2.80. The van der Waals surface area contributed by atoms with Crippen molar-refractivity contribution in [3.63, 3.8) is 0 Å². The first-order valence-corrected chi connectivity index (χ1v) is 10.4. The molecule has 0 spiro atoms. The molecule has 0 atom stereocenters. The van der Waals surface area contributed by atoms with Crippen molar-refractivity contribution in [1.82, 2.24) is 0 Å². The normalized spacial score (nSPS) is 10.2. The third-order valence-corrected chi connectivity index (χ3v) is 5.19. The molecule has 0 aliphatic rings. The van der Waals surface area contributed by atoms with Crippen LogP contribution in [0.1, 0.15) is 5.56 Å². The molecule has 3 rings (SSSR count). The Bertz CT molecular complexity index is 1200. The molecule has 10 heteroatoms. The minimum atomic E-state index is -0.756. The largest absolute Gasteiger partial charge is 0.383 e. The number of nitro groups is 1. The number of nitro benzene ring substituents is 1. The molecule has 0 unspecified atom stereocenters. The Kier molecular flexibility index (Phi) is 7.66. The molecule has 0 aliphatic carbocycles. The minimum Gasteiger partial charge on any atom is -0.383 e. The summed E-state index contributed by atoms with van der Waals surface area (Å²) in [5.41, 5.74) is 0.665. The van der Waals surface area contributed by atoms with Crippen LogP contribution in [0.15, 0.2) is 72.3 Å². The lowest BCUT2D eigenvalue weighted by atomic mass is 10.1. The van der Waals surface area contributed by atoms with Crippen LogP contribution in [0.25, 0.3) is 6.08 Å². The lowest BCUT2D eigenvalue weighted by Gasteiger charge is -2.12. The summed E-state index contributed by atoms with van der Waals surface area (Å²) in [6.45, 7) is 0. The monoisotopic (exact) mass is 484 g/mol. The number of anilines is 3.